The van der Waals surface area contributed by atoms with E-state index < -0.39 is 38.9 Å². The van der Waals surface area contributed by atoms with Crippen LogP contribution in [0.2, 0.25) is 0 Å². The van der Waals surface area contributed by atoms with Gasteiger partial charge in [0.1, 0.15) is 5.69 Å². The number of thioether (sulfide) groups is 1. The maximum atomic E-state index is 12.8. The third-order valence-corrected chi connectivity index (χ3v) is 5.40. The van der Waals surface area contributed by atoms with Gasteiger partial charge in [-0.15, -0.1) is 11.8 Å². The molecule has 1 aromatic heterocycles. The quantitative estimate of drug-likeness (QED) is 0.112. The van der Waals surface area contributed by atoms with Crippen LogP contribution in [0.3, 0.4) is 0 Å². The Labute approximate surface area is 180 Å². The molecule has 0 bridgehead atoms. The van der Waals surface area contributed by atoms with Crippen molar-refractivity contribution in [2.24, 2.45) is 0 Å². The van der Waals surface area contributed by atoms with Gasteiger partial charge < -0.3 is 5.32 Å². The molecule has 0 aliphatic carbocycles. The highest BCUT2D eigenvalue weighted by molar-refractivity contribution is 14.1. The number of pyridine rings is 1. The Bertz CT molecular complexity index is 843. The predicted molar refractivity (Wildman–Crippen MR) is 102 cm³/mol. The minimum Gasteiger partial charge on any atom is -0.315 e. The number of carbonyl (C=O) groups is 1. The number of hydrogen-bond acceptors (Lipinski definition) is 6. The number of aromatic nitrogens is 1. The number of alkyl halides is 6. The van der Waals surface area contributed by atoms with Crippen molar-refractivity contribution in [1.29, 1.82) is 0 Å². The highest BCUT2D eigenvalue weighted by atomic mass is 127. The second kappa shape index (κ2) is 10.6. The lowest BCUT2D eigenvalue weighted by molar-refractivity contribution is -0.138. The molecule has 0 fully saturated rings. The summed E-state index contributed by atoms with van der Waals surface area (Å²) in [4.78, 5) is 14.9. The number of halogens is 7. The van der Waals surface area contributed by atoms with Crippen LogP contribution in [-0.2, 0) is 17.0 Å². The van der Waals surface area contributed by atoms with Crippen molar-refractivity contribution in [3.8, 4) is 0 Å². The number of hydrogen-bond donors (Lipinski definition) is 3. The number of amides is 1. The molecule has 0 spiro atoms. The smallest absolute Gasteiger partial charge is 0.315 e. The summed E-state index contributed by atoms with van der Waals surface area (Å²) in [5.41, 5.74) is -5.23. The van der Waals surface area contributed by atoms with Gasteiger partial charge in [0.2, 0.25) is 0 Å². The van der Waals surface area contributed by atoms with Crippen LogP contribution in [0.15, 0.2) is 38.0 Å². The predicted octanol–water partition coefficient (Wildman–Crippen LogP) is 4.31. The van der Waals surface area contributed by atoms with E-state index in [-0.39, 0.29) is 14.3 Å². The molecule has 29 heavy (non-hydrogen) atoms. The maximum Gasteiger partial charge on any atom is 0.475 e. The van der Waals surface area contributed by atoms with Crippen LogP contribution < -0.4 is 10.8 Å². The van der Waals surface area contributed by atoms with Gasteiger partial charge in [0.25, 0.3) is 5.91 Å². The molecule has 1 amide bonds. The minimum absolute atomic E-state index is 0.0734. The van der Waals surface area contributed by atoms with Crippen LogP contribution in [0.4, 0.5) is 26.3 Å². The maximum absolute atomic E-state index is 12.8. The van der Waals surface area contributed by atoms with E-state index in [1.165, 1.54) is 28.1 Å². The molecule has 0 aromatic carbocycles. The van der Waals surface area contributed by atoms with Crippen LogP contribution >= 0.6 is 34.4 Å². The van der Waals surface area contributed by atoms with Crippen molar-refractivity contribution in [1.82, 2.24) is 15.8 Å². The highest BCUT2D eigenvalue weighted by Crippen LogP contribution is 2.33. The Hall–Kier alpha value is -1.33. The first-order valence-corrected chi connectivity index (χ1v) is 10.5. The molecule has 1 heterocycles. The number of nitrogens with zero attached hydrogens (tertiary/aromatic N) is 1. The zero-order valence-electron chi connectivity index (χ0n) is 14.2. The zero-order valence-corrected chi connectivity index (χ0v) is 18.0. The molecule has 1 atom stereocenters. The van der Waals surface area contributed by atoms with Crippen LogP contribution in [0.5, 0.6) is 0 Å². The summed E-state index contributed by atoms with van der Waals surface area (Å²) in [6.45, 7) is 1.64. The second-order valence-corrected chi connectivity index (χ2v) is 8.78. The number of rotatable bonds is 7. The third-order valence-electron chi connectivity index (χ3n) is 2.83. The first-order chi connectivity index (χ1) is 13.3. The van der Waals surface area contributed by atoms with Crippen LogP contribution in [0.1, 0.15) is 23.0 Å². The summed E-state index contributed by atoms with van der Waals surface area (Å²) in [6.07, 6.45) is -3.13. The minimum atomic E-state index is -5.12. The van der Waals surface area contributed by atoms with Gasteiger partial charge in [-0.1, -0.05) is 6.92 Å². The van der Waals surface area contributed by atoms with E-state index in [1.54, 1.807) is 6.92 Å². The van der Waals surface area contributed by atoms with Gasteiger partial charge in [-0.2, -0.15) is 26.3 Å². The molecule has 3 N–H and O–H groups in total. The van der Waals surface area contributed by atoms with E-state index in [0.29, 0.717) is 24.2 Å². The average Bonchev–Trinajstić information content (AvgIpc) is 2.59. The van der Waals surface area contributed by atoms with E-state index in [4.69, 9.17) is 5.21 Å². The lowest BCUT2D eigenvalue weighted by Gasteiger charge is -2.12. The van der Waals surface area contributed by atoms with E-state index in [0.717, 1.165) is 17.8 Å². The number of hydroxylamine groups is 1. The Morgan fingerprint density at radius 1 is 1.34 bits per heavy atom. The van der Waals surface area contributed by atoms with Gasteiger partial charge >= 0.3 is 11.7 Å². The van der Waals surface area contributed by atoms with Crippen LogP contribution in [-0.4, -0.2) is 31.6 Å². The summed E-state index contributed by atoms with van der Waals surface area (Å²) in [6, 6.07) is 0.742. The summed E-state index contributed by atoms with van der Waals surface area (Å²) in [5.74, 6) is -0.653. The molecule has 0 aliphatic rings. The lowest BCUT2D eigenvalue weighted by atomic mass is 10.2. The molecule has 15 heteroatoms. The average molecular weight is 575 g/mol. The zero-order chi connectivity index (χ0) is 22.4. The summed E-state index contributed by atoms with van der Waals surface area (Å²) in [5, 5.41) is 10.7. The molecule has 0 saturated heterocycles. The molecule has 0 radical (unpaired) electrons. The van der Waals surface area contributed by atoms with E-state index in [9.17, 15) is 35.3 Å². The first-order valence-electron chi connectivity index (χ1n) is 7.28. The second-order valence-electron chi connectivity index (χ2n) is 4.84. The number of nitrogens with one attached hydrogen (secondary N) is 2. The molecule has 162 valence electrons. The summed E-state index contributed by atoms with van der Waals surface area (Å²) >= 11 is 2.34. The van der Waals surface area contributed by atoms with Crippen molar-refractivity contribution in [2.45, 2.75) is 23.5 Å². The molecule has 0 aliphatic heterocycles. The monoisotopic (exact) mass is 575 g/mol. The molecular formula is C14H12F6IN3O3S2. The summed E-state index contributed by atoms with van der Waals surface area (Å²) in [7, 11) is -3.51. The van der Waals surface area contributed by atoms with Crippen molar-refractivity contribution in [3.05, 3.63) is 44.4 Å². The van der Waals surface area contributed by atoms with Crippen LogP contribution in [0.25, 0.3) is 0 Å². The van der Waals surface area contributed by atoms with Crippen molar-refractivity contribution in [2.75, 3.05) is 5.75 Å². The van der Waals surface area contributed by atoms with Gasteiger partial charge in [0, 0.05) is 17.3 Å². The fraction of sp³-hybridized carbons (Fsp3) is 0.286. The van der Waals surface area contributed by atoms with E-state index in [1.807, 2.05) is 0 Å². The van der Waals surface area contributed by atoms with Gasteiger partial charge in [-0.3, -0.25) is 15.5 Å². The van der Waals surface area contributed by atoms with Gasteiger partial charge in [0.15, 0.2) is 10.8 Å². The normalized spacial score (nSPS) is 14.5. The molecule has 6 nitrogen and oxygen atoms in total. The van der Waals surface area contributed by atoms with Crippen molar-refractivity contribution < 1.29 is 40.6 Å². The Morgan fingerprint density at radius 2 is 1.97 bits per heavy atom. The van der Waals surface area contributed by atoms with Crippen molar-refractivity contribution in [3.63, 3.8) is 0 Å². The van der Waals surface area contributed by atoms with Crippen LogP contribution in [0, 0.1) is 0 Å². The third kappa shape index (κ3) is 7.78. The Morgan fingerprint density at radius 3 is 2.45 bits per heavy atom. The van der Waals surface area contributed by atoms with Gasteiger partial charge in [0.05, 0.1) is 14.2 Å². The van der Waals surface area contributed by atoms with Crippen molar-refractivity contribution >= 4 is 51.1 Å². The van der Waals surface area contributed by atoms with E-state index in [2.05, 4.69) is 10.3 Å². The largest absolute Gasteiger partial charge is 0.475 e. The van der Waals surface area contributed by atoms with Gasteiger partial charge in [-0.25, -0.2) is 9.19 Å². The number of carbonyl (C=O) groups excluding carboxylic acids is 1. The fourth-order valence-corrected chi connectivity index (χ4v) is 3.96. The van der Waals surface area contributed by atoms with Gasteiger partial charge in [-0.05, 0) is 40.5 Å². The van der Waals surface area contributed by atoms with E-state index >= 15 is 0 Å². The fourth-order valence-electron chi connectivity index (χ4n) is 1.71. The lowest BCUT2D eigenvalue weighted by Crippen LogP contribution is -2.24. The number of allylic oxidation sites excluding steroid dienone is 1. The molecule has 1 unspecified atom stereocenters. The standard InChI is InChI=1S/C14H12F6IN3O3S2/c1-2-28-9-3-7(13(15,16)17)5-22-11(9)12(25)24-10(21)4-8(6-23-26)29(27)14(18,19)20/h3-6,23,26H,2H2,1H3,(H,24,25)/b8-6+,10-4+. The Balaban J connectivity index is 3.18. The molecule has 1 aromatic rings. The first kappa shape index (κ1) is 25.7. The molecule has 1 rings (SSSR count). The SMILES string of the molecule is CCSc1cc(C(F)(F)F)cnc1C(=O)N/C(I)=C/C(=C\NO)S(=O)C(F)(F)F. The Kier molecular flexibility index (Phi) is 9.42. The summed E-state index contributed by atoms with van der Waals surface area (Å²) < 4.78 is 87.4. The molecule has 0 saturated carbocycles. The molecular weight excluding hydrogens is 563 g/mol. The topological polar surface area (TPSA) is 91.3 Å². The highest BCUT2D eigenvalue weighted by Gasteiger charge is 2.39.